The van der Waals surface area contributed by atoms with Gasteiger partial charge in [0, 0.05) is 82.8 Å². The van der Waals surface area contributed by atoms with Crippen LogP contribution in [0.2, 0.25) is 0 Å². The average Bonchev–Trinajstić information content (AvgIpc) is 4.15. The van der Waals surface area contributed by atoms with E-state index in [2.05, 4.69) is 123 Å². The van der Waals surface area contributed by atoms with E-state index in [0.717, 1.165) is 67.4 Å². The maximum absolute atomic E-state index is 13.8. The number of rotatable bonds is 10. The predicted molar refractivity (Wildman–Crippen MR) is 247 cm³/mol. The zero-order chi connectivity index (χ0) is 45.3. The zero-order valence-corrected chi connectivity index (χ0v) is 37.9. The second kappa shape index (κ2) is 16.7. The largest absolute Gasteiger partial charge is 0.390 e. The first-order chi connectivity index (χ1) is 31.2. The predicted octanol–water partition coefficient (Wildman–Crippen LogP) is 3.02. The lowest BCUT2D eigenvalue weighted by Crippen LogP contribution is -2.59. The molecular weight excluding hydrogens is 823 g/mol. The van der Waals surface area contributed by atoms with Crippen molar-refractivity contribution in [1.29, 1.82) is 0 Å². The maximum atomic E-state index is 13.8. The van der Waals surface area contributed by atoms with Crippen LogP contribution in [-0.2, 0) is 20.4 Å². The molecule has 0 bridgehead atoms. The lowest BCUT2D eigenvalue weighted by molar-refractivity contribution is -0.134. The number of aromatic nitrogens is 3. The molecule has 0 saturated carbocycles. The minimum atomic E-state index is -1.30. The summed E-state index contributed by atoms with van der Waals surface area (Å²) in [7, 11) is 1.85. The van der Waals surface area contributed by atoms with Gasteiger partial charge in [-0.1, -0.05) is 74.5 Å². The monoisotopic (exact) mass is 883 g/mol. The number of amidine groups is 1. The fourth-order valence-corrected chi connectivity index (χ4v) is 10.9. The lowest BCUT2D eigenvalue weighted by Gasteiger charge is -2.41. The number of allylic oxidation sites excluding steroid dienone is 1. The van der Waals surface area contributed by atoms with Crippen LogP contribution in [0.4, 0.5) is 5.69 Å². The number of hydrogen-bond donors (Lipinski definition) is 5. The summed E-state index contributed by atoms with van der Waals surface area (Å²) >= 11 is 0. The van der Waals surface area contributed by atoms with Crippen molar-refractivity contribution in [3.8, 4) is 0 Å². The van der Waals surface area contributed by atoms with Crippen LogP contribution in [0.25, 0.3) is 5.65 Å². The number of aliphatic hydroxyl groups is 2. The number of ether oxygens (including phenoxy) is 1. The van der Waals surface area contributed by atoms with E-state index in [1.165, 1.54) is 11.1 Å². The third-order valence-electron chi connectivity index (χ3n) is 14.9. The van der Waals surface area contributed by atoms with Gasteiger partial charge in [0.25, 0.3) is 11.8 Å². The highest BCUT2D eigenvalue weighted by Gasteiger charge is 2.47. The van der Waals surface area contributed by atoms with Crippen LogP contribution < -0.4 is 20.9 Å². The van der Waals surface area contributed by atoms with Crippen molar-refractivity contribution in [2.24, 2.45) is 4.99 Å². The first kappa shape index (κ1) is 43.3. The average molecular weight is 884 g/mol. The number of nitrogens with zero attached hydrogens (tertiary/aromatic N) is 8. The quantitative estimate of drug-likeness (QED) is 0.158. The van der Waals surface area contributed by atoms with Gasteiger partial charge in [-0.2, -0.15) is 5.01 Å². The number of β-amino-alcohol motifs (C(OH)–C–C–N with tert-alkyl or cyclic N) is 1. The van der Waals surface area contributed by atoms with Gasteiger partial charge in [0.05, 0.1) is 47.5 Å². The smallest absolute Gasteiger partial charge is 0.291 e. The van der Waals surface area contributed by atoms with Gasteiger partial charge in [0.2, 0.25) is 12.0 Å². The summed E-state index contributed by atoms with van der Waals surface area (Å²) in [4.78, 5) is 41.8. The summed E-state index contributed by atoms with van der Waals surface area (Å²) in [6.07, 6.45) is 6.38. The second-order valence-corrected chi connectivity index (χ2v) is 19.7. The second-order valence-electron chi connectivity index (χ2n) is 19.7. The molecule has 4 fully saturated rings. The van der Waals surface area contributed by atoms with Gasteiger partial charge in [-0.15, -0.1) is 5.10 Å². The number of amides is 2. The van der Waals surface area contributed by atoms with Gasteiger partial charge in [-0.05, 0) is 61.1 Å². The fraction of sp³-hybridized carbons (Fsp3) is 0.490. The Morgan fingerprint density at radius 2 is 1.63 bits per heavy atom. The van der Waals surface area contributed by atoms with E-state index in [-0.39, 0.29) is 48.7 Å². The number of aliphatic imine (C=N–C) groups is 1. The van der Waals surface area contributed by atoms with E-state index >= 15 is 0 Å². The van der Waals surface area contributed by atoms with E-state index in [4.69, 9.17) is 9.73 Å². The number of pyridine rings is 1. The number of fused-ring (bicyclic) bond motifs is 2. The SMILES string of the molecule is CC1=CC(N2CC[C@](C)(c3ccccc3)C2)=CN2C1=NC(C(=O)NCC1(O)CCOC(C3NCC(O)C3NC(=O)c3nc4c(C)cc(N5CC[C@](C)(c6ccccc6)C5)cn4n3)C1)N2C. The molecular formula is C49H61N11O5. The molecule has 16 nitrogen and oxygen atoms in total. The Morgan fingerprint density at radius 3 is 2.34 bits per heavy atom. The lowest BCUT2D eigenvalue weighted by atomic mass is 9.82. The molecule has 65 heavy (non-hydrogen) atoms. The minimum absolute atomic E-state index is 0.00135. The van der Waals surface area contributed by atoms with Gasteiger partial charge in [-0.25, -0.2) is 14.5 Å². The van der Waals surface area contributed by atoms with Gasteiger partial charge in [0.15, 0.2) is 5.65 Å². The summed E-state index contributed by atoms with van der Waals surface area (Å²) in [6, 6.07) is 22.1. The molecule has 0 aliphatic carbocycles. The van der Waals surface area contributed by atoms with Gasteiger partial charge in [-0.3, -0.25) is 14.6 Å². The number of hydrazine groups is 1. The van der Waals surface area contributed by atoms with E-state index < -0.39 is 42.0 Å². The highest BCUT2D eigenvalue weighted by atomic mass is 16.5. The number of anilines is 1. The molecule has 8 atom stereocenters. The third-order valence-corrected chi connectivity index (χ3v) is 14.9. The number of likely N-dealkylation sites (N-methyl/N-ethyl adjacent to an activating group) is 1. The molecule has 2 aromatic carbocycles. The molecule has 5 N–H and O–H groups in total. The molecule has 2 aromatic heterocycles. The Morgan fingerprint density at radius 1 is 0.954 bits per heavy atom. The number of benzene rings is 2. The molecule has 0 spiro atoms. The van der Waals surface area contributed by atoms with Crippen LogP contribution in [0.3, 0.4) is 0 Å². The molecule has 10 rings (SSSR count). The first-order valence-electron chi connectivity index (χ1n) is 23.0. The van der Waals surface area contributed by atoms with Crippen molar-refractivity contribution in [1.82, 2.24) is 45.5 Å². The molecule has 6 unspecified atom stereocenters. The Bertz CT molecular complexity index is 2570. The molecule has 2 amide bonds. The van der Waals surface area contributed by atoms with E-state index in [0.29, 0.717) is 12.1 Å². The number of nitrogens with one attached hydrogen (secondary N) is 3. The Balaban J connectivity index is 0.760. The number of aryl methyl sites for hydroxylation is 1. The van der Waals surface area contributed by atoms with Gasteiger partial charge < -0.3 is 40.7 Å². The minimum Gasteiger partial charge on any atom is -0.390 e. The van der Waals surface area contributed by atoms with Crippen LogP contribution in [0.5, 0.6) is 0 Å². The fourth-order valence-electron chi connectivity index (χ4n) is 10.9. The highest BCUT2D eigenvalue weighted by Crippen LogP contribution is 2.39. The highest BCUT2D eigenvalue weighted by molar-refractivity contribution is 6.03. The maximum Gasteiger partial charge on any atom is 0.291 e. The molecule has 4 aromatic rings. The summed E-state index contributed by atoms with van der Waals surface area (Å²) < 4.78 is 7.86. The van der Waals surface area contributed by atoms with Gasteiger partial charge in [0.1, 0.15) is 5.84 Å². The van der Waals surface area contributed by atoms with Crippen LogP contribution in [-0.4, -0.2) is 146 Å². The van der Waals surface area contributed by atoms with Crippen molar-refractivity contribution in [3.05, 3.63) is 119 Å². The Kier molecular flexibility index (Phi) is 11.1. The zero-order valence-electron chi connectivity index (χ0n) is 37.9. The normalized spacial score (nSPS) is 31.5. The van der Waals surface area contributed by atoms with Gasteiger partial charge >= 0.3 is 0 Å². The van der Waals surface area contributed by atoms with E-state index in [1.54, 1.807) is 4.52 Å². The van der Waals surface area contributed by atoms with Crippen LogP contribution in [0.15, 0.2) is 101 Å². The molecule has 8 heterocycles. The van der Waals surface area contributed by atoms with Crippen LogP contribution in [0.1, 0.15) is 73.8 Å². The molecule has 0 radical (unpaired) electrons. The molecule has 16 heteroatoms. The summed E-state index contributed by atoms with van der Waals surface area (Å²) in [5.41, 5.74) is 5.99. The summed E-state index contributed by atoms with van der Waals surface area (Å²) in [5.74, 6) is -0.115. The Hall–Kier alpha value is -5.65. The third kappa shape index (κ3) is 8.09. The van der Waals surface area contributed by atoms with Crippen LogP contribution >= 0.6 is 0 Å². The summed E-state index contributed by atoms with van der Waals surface area (Å²) in [5, 5.41) is 40.7. The Labute approximate surface area is 380 Å². The first-order valence-corrected chi connectivity index (χ1v) is 23.0. The summed E-state index contributed by atoms with van der Waals surface area (Å²) in [6.45, 7) is 12.6. The van der Waals surface area contributed by atoms with Crippen molar-refractivity contribution >= 4 is 29.0 Å². The number of hydrogen-bond acceptors (Lipinski definition) is 13. The molecule has 6 aliphatic heterocycles. The van der Waals surface area contributed by atoms with Crippen molar-refractivity contribution in [3.63, 3.8) is 0 Å². The number of likely N-dealkylation sites (tertiary alicyclic amines) is 1. The standard InChI is InChI=1S/C49H61N11O5/c1-31-22-35(57-19-16-47(3,29-57)33-12-8-6-9-13-33)26-59-42(31)53-41(55-59)45(62)52-39-37(61)25-50-40(39)38-24-49(64,18-21-65-38)28-51-46(63)44-54-43-32(2)23-36(27-60(43)56(44)5)58-20-17-48(4,30-58)34-14-10-7-11-15-34/h6-15,22-23,26-27,37-40,44,50,61,64H,16-21,24-25,28-30H2,1-5H3,(H,51,63)(H,52,62)/t37?,38?,39?,40?,44?,47-,48-,49?/m0/s1. The van der Waals surface area contributed by atoms with Crippen molar-refractivity contribution in [2.45, 2.75) is 100 Å². The number of carbonyl (C=O) groups is 2. The molecule has 6 aliphatic rings. The van der Waals surface area contributed by atoms with Crippen molar-refractivity contribution in [2.75, 3.05) is 57.8 Å². The number of aliphatic hydroxyl groups excluding tert-OH is 1. The van der Waals surface area contributed by atoms with Crippen LogP contribution in [0, 0.1) is 6.92 Å². The molecule has 4 saturated heterocycles. The van der Waals surface area contributed by atoms with E-state index in [9.17, 15) is 19.8 Å². The number of carbonyl (C=O) groups excluding carboxylic acids is 2. The van der Waals surface area contributed by atoms with Crippen molar-refractivity contribution < 1.29 is 24.5 Å². The molecule has 342 valence electrons. The topological polar surface area (TPSA) is 175 Å². The van der Waals surface area contributed by atoms with E-state index in [1.807, 2.05) is 43.2 Å².